The van der Waals surface area contributed by atoms with E-state index in [1.807, 2.05) is 6.07 Å². The number of hydrogen-bond acceptors (Lipinski definition) is 4. The summed E-state index contributed by atoms with van der Waals surface area (Å²) in [5.74, 6) is -0.636. The Bertz CT molecular complexity index is 931. The van der Waals surface area contributed by atoms with Gasteiger partial charge in [-0.15, -0.1) is 0 Å². The summed E-state index contributed by atoms with van der Waals surface area (Å²) in [7, 11) is 0. The zero-order valence-electron chi connectivity index (χ0n) is 16.3. The monoisotopic (exact) mass is 408 g/mol. The lowest BCUT2D eigenvalue weighted by molar-refractivity contribution is -0.143. The number of aromatic nitrogens is 2. The minimum Gasteiger partial charge on any atom is -0.462 e. The average molecular weight is 408 g/mol. The Morgan fingerprint density at radius 3 is 2.79 bits per heavy atom. The molecule has 8 heteroatoms. The molecule has 0 spiro atoms. The first-order valence-electron chi connectivity index (χ1n) is 9.51. The molecule has 5 nitrogen and oxygen atoms in total. The third kappa shape index (κ3) is 4.37. The molecular weight excluding hydrogens is 385 g/mol. The number of esters is 1. The van der Waals surface area contributed by atoms with E-state index in [1.54, 1.807) is 12.1 Å². The fraction of sp³-hybridized carbons (Fsp3) is 0.429. The van der Waals surface area contributed by atoms with Crippen molar-refractivity contribution in [2.75, 3.05) is 13.2 Å². The van der Waals surface area contributed by atoms with Gasteiger partial charge in [0, 0.05) is 0 Å². The van der Waals surface area contributed by atoms with Gasteiger partial charge in [0.15, 0.2) is 5.69 Å². The number of alkyl halides is 3. The molecule has 1 atom stereocenters. The van der Waals surface area contributed by atoms with Crippen molar-refractivity contribution in [3.05, 3.63) is 52.9 Å². The van der Waals surface area contributed by atoms with Crippen LogP contribution in [-0.4, -0.2) is 34.1 Å². The van der Waals surface area contributed by atoms with E-state index in [-0.39, 0.29) is 18.9 Å². The highest BCUT2D eigenvalue weighted by atomic mass is 19.4. The number of nitrogens with zero attached hydrogens (tertiary/aromatic N) is 2. The molecular formula is C21H23F3N2O3. The lowest BCUT2D eigenvalue weighted by Gasteiger charge is -2.25. The van der Waals surface area contributed by atoms with Crippen LogP contribution in [0.5, 0.6) is 0 Å². The van der Waals surface area contributed by atoms with Gasteiger partial charge >= 0.3 is 12.1 Å². The summed E-state index contributed by atoms with van der Waals surface area (Å²) in [5.41, 5.74) is 1.02. The van der Waals surface area contributed by atoms with Crippen molar-refractivity contribution in [1.82, 2.24) is 9.78 Å². The van der Waals surface area contributed by atoms with Gasteiger partial charge in [0.2, 0.25) is 0 Å². The summed E-state index contributed by atoms with van der Waals surface area (Å²) in [6.45, 7) is 3.53. The third-order valence-corrected chi connectivity index (χ3v) is 5.08. The second-order valence-corrected chi connectivity index (χ2v) is 7.18. The standard InChI is InChI=1S/C21H23F3N2O3/c1-3-29-20(28)18-11-25-26(19(18)21(22,23)24)16-6-4-5-14(10-16)17-9-13(2)7-8-15(17)12-27/h4-6,10-11,13,27H,3,7-9,12H2,1-2H3. The molecule has 1 heterocycles. The Hall–Kier alpha value is -2.61. The molecule has 1 N–H and O–H groups in total. The Labute approximate surface area is 166 Å². The Morgan fingerprint density at radius 2 is 2.14 bits per heavy atom. The molecule has 0 amide bonds. The molecule has 0 saturated heterocycles. The summed E-state index contributed by atoms with van der Waals surface area (Å²) in [4.78, 5) is 12.0. The van der Waals surface area contributed by atoms with E-state index in [2.05, 4.69) is 12.0 Å². The first kappa shape index (κ1) is 21.1. The number of benzene rings is 1. The number of ether oxygens (including phenoxy) is 1. The lowest BCUT2D eigenvalue weighted by atomic mass is 9.82. The van der Waals surface area contributed by atoms with Crippen molar-refractivity contribution in [2.24, 2.45) is 5.92 Å². The third-order valence-electron chi connectivity index (χ3n) is 5.08. The van der Waals surface area contributed by atoms with Gasteiger partial charge in [-0.05, 0) is 60.9 Å². The topological polar surface area (TPSA) is 64.3 Å². The van der Waals surface area contributed by atoms with Crippen LogP contribution < -0.4 is 0 Å². The predicted molar refractivity (Wildman–Crippen MR) is 102 cm³/mol. The molecule has 0 saturated carbocycles. The van der Waals surface area contributed by atoms with E-state index in [9.17, 15) is 23.1 Å². The van der Waals surface area contributed by atoms with Gasteiger partial charge in [-0.25, -0.2) is 9.48 Å². The molecule has 1 aliphatic carbocycles. The van der Waals surface area contributed by atoms with Crippen LogP contribution in [0.2, 0.25) is 0 Å². The Balaban J connectivity index is 2.10. The minimum atomic E-state index is -4.79. The zero-order valence-corrected chi connectivity index (χ0v) is 16.3. The molecule has 1 aromatic carbocycles. The maximum absolute atomic E-state index is 13.7. The molecule has 0 bridgehead atoms. The minimum absolute atomic E-state index is 0.0347. The molecule has 0 aliphatic heterocycles. The number of rotatable bonds is 5. The zero-order chi connectivity index (χ0) is 21.2. The average Bonchev–Trinajstić information content (AvgIpc) is 3.14. The largest absolute Gasteiger partial charge is 0.462 e. The van der Waals surface area contributed by atoms with Crippen LogP contribution in [0, 0.1) is 5.92 Å². The molecule has 1 aromatic heterocycles. The maximum atomic E-state index is 13.7. The van der Waals surface area contributed by atoms with Crippen molar-refractivity contribution in [3.8, 4) is 5.69 Å². The van der Waals surface area contributed by atoms with Gasteiger partial charge in [-0.3, -0.25) is 0 Å². The Kier molecular flexibility index (Phi) is 6.12. The first-order valence-corrected chi connectivity index (χ1v) is 9.51. The van der Waals surface area contributed by atoms with Crippen molar-refractivity contribution >= 4 is 11.5 Å². The van der Waals surface area contributed by atoms with Gasteiger partial charge in [-0.2, -0.15) is 18.3 Å². The summed E-state index contributed by atoms with van der Waals surface area (Å²) in [6.07, 6.45) is -1.42. The van der Waals surface area contributed by atoms with E-state index in [0.29, 0.717) is 5.92 Å². The predicted octanol–water partition coefficient (Wildman–Crippen LogP) is 4.63. The maximum Gasteiger partial charge on any atom is 0.434 e. The van der Waals surface area contributed by atoms with E-state index >= 15 is 0 Å². The number of allylic oxidation sites excluding steroid dienone is 1. The molecule has 2 aromatic rings. The summed E-state index contributed by atoms with van der Waals surface area (Å²) in [6, 6.07) is 6.58. The van der Waals surface area contributed by atoms with Gasteiger partial charge in [0.05, 0.1) is 25.1 Å². The molecule has 1 unspecified atom stereocenters. The van der Waals surface area contributed by atoms with Crippen LogP contribution in [0.15, 0.2) is 36.0 Å². The van der Waals surface area contributed by atoms with Crippen LogP contribution in [0.4, 0.5) is 13.2 Å². The number of aliphatic hydroxyl groups is 1. The highest BCUT2D eigenvalue weighted by Crippen LogP contribution is 2.37. The number of halogens is 3. The van der Waals surface area contributed by atoms with E-state index < -0.39 is 23.4 Å². The summed E-state index contributed by atoms with van der Waals surface area (Å²) >= 11 is 0. The lowest BCUT2D eigenvalue weighted by Crippen LogP contribution is -2.18. The second-order valence-electron chi connectivity index (χ2n) is 7.18. The second kappa shape index (κ2) is 8.41. The summed E-state index contributed by atoms with van der Waals surface area (Å²) < 4.78 is 46.7. The van der Waals surface area contributed by atoms with E-state index in [0.717, 1.165) is 46.9 Å². The van der Waals surface area contributed by atoms with Crippen LogP contribution in [0.3, 0.4) is 0 Å². The quantitative estimate of drug-likeness (QED) is 0.733. The van der Waals surface area contributed by atoms with Crippen LogP contribution >= 0.6 is 0 Å². The summed E-state index contributed by atoms with van der Waals surface area (Å²) in [5, 5.41) is 13.5. The van der Waals surface area contributed by atoms with Gasteiger partial charge in [-0.1, -0.05) is 19.1 Å². The fourth-order valence-corrected chi connectivity index (χ4v) is 3.66. The highest BCUT2D eigenvalue weighted by Gasteiger charge is 2.41. The molecule has 156 valence electrons. The Morgan fingerprint density at radius 1 is 1.38 bits per heavy atom. The number of hydrogen-bond donors (Lipinski definition) is 1. The fourth-order valence-electron chi connectivity index (χ4n) is 3.66. The smallest absolute Gasteiger partial charge is 0.434 e. The molecule has 0 fully saturated rings. The van der Waals surface area contributed by atoms with Gasteiger partial charge < -0.3 is 9.84 Å². The van der Waals surface area contributed by atoms with E-state index in [1.165, 1.54) is 13.0 Å². The molecule has 3 rings (SSSR count). The normalized spacial score (nSPS) is 17.5. The van der Waals surface area contributed by atoms with Gasteiger partial charge in [0.1, 0.15) is 5.56 Å². The number of carbonyl (C=O) groups excluding carboxylic acids is 1. The van der Waals surface area contributed by atoms with Crippen molar-refractivity contribution in [1.29, 1.82) is 0 Å². The first-order chi connectivity index (χ1) is 13.8. The molecule has 1 aliphatic rings. The highest BCUT2D eigenvalue weighted by molar-refractivity contribution is 5.90. The number of aliphatic hydroxyl groups excluding tert-OH is 1. The van der Waals surface area contributed by atoms with Gasteiger partial charge in [0.25, 0.3) is 0 Å². The van der Waals surface area contributed by atoms with Crippen LogP contribution in [0.25, 0.3) is 11.3 Å². The van der Waals surface area contributed by atoms with Crippen molar-refractivity contribution < 1.29 is 27.8 Å². The van der Waals surface area contributed by atoms with Crippen LogP contribution in [-0.2, 0) is 10.9 Å². The van der Waals surface area contributed by atoms with Crippen molar-refractivity contribution in [3.63, 3.8) is 0 Å². The van der Waals surface area contributed by atoms with Crippen molar-refractivity contribution in [2.45, 2.75) is 39.3 Å². The molecule has 29 heavy (non-hydrogen) atoms. The van der Waals surface area contributed by atoms with E-state index in [4.69, 9.17) is 4.74 Å². The van der Waals surface area contributed by atoms with Crippen LogP contribution in [0.1, 0.15) is 54.7 Å². The SMILES string of the molecule is CCOC(=O)c1cnn(-c2cccc(C3=C(CO)CCC(C)C3)c2)c1C(F)(F)F. The number of carbonyl (C=O) groups is 1. The molecule has 0 radical (unpaired) electrons.